The summed E-state index contributed by atoms with van der Waals surface area (Å²) in [4.78, 5) is 30.5. The second kappa shape index (κ2) is 4.54. The van der Waals surface area contributed by atoms with Gasteiger partial charge in [0, 0.05) is 6.54 Å². The number of carbonyl (C=O) groups is 2. The first-order chi connectivity index (χ1) is 9.18. The molecule has 1 aromatic heterocycles. The van der Waals surface area contributed by atoms with E-state index in [4.69, 9.17) is 5.73 Å². The van der Waals surface area contributed by atoms with Crippen molar-refractivity contribution in [3.63, 3.8) is 0 Å². The molecule has 3 N–H and O–H groups in total. The Morgan fingerprint density at radius 3 is 2.05 bits per heavy atom. The standard InChI is InChI=1S/C14H20N4O2/c1-13(2)10(14(13,3)4)7-18-12(20)9-6-16-8(5-17-9)11(15)19/h5-6,10H,7H2,1-4H3,(H2,15,19)(H,18,20). The Labute approximate surface area is 118 Å². The van der Waals surface area contributed by atoms with E-state index in [0.29, 0.717) is 12.5 Å². The highest BCUT2D eigenvalue weighted by atomic mass is 16.2. The molecule has 1 aliphatic rings. The monoisotopic (exact) mass is 276 g/mol. The van der Waals surface area contributed by atoms with Crippen LogP contribution in [0.1, 0.15) is 48.7 Å². The molecule has 1 saturated carbocycles. The average Bonchev–Trinajstić information content (AvgIpc) is 2.77. The number of hydrogen-bond donors (Lipinski definition) is 2. The summed E-state index contributed by atoms with van der Waals surface area (Å²) in [6, 6.07) is 0. The number of rotatable bonds is 4. The number of nitrogens with zero attached hydrogens (tertiary/aromatic N) is 2. The quantitative estimate of drug-likeness (QED) is 0.856. The zero-order chi connectivity index (χ0) is 15.1. The maximum Gasteiger partial charge on any atom is 0.271 e. The molecule has 0 aromatic carbocycles. The summed E-state index contributed by atoms with van der Waals surface area (Å²) >= 11 is 0. The van der Waals surface area contributed by atoms with E-state index in [0.717, 1.165) is 0 Å². The zero-order valence-corrected chi connectivity index (χ0v) is 12.2. The summed E-state index contributed by atoms with van der Waals surface area (Å²) in [5.74, 6) is -0.505. The number of carbonyl (C=O) groups excluding carboxylic acids is 2. The normalized spacial score (nSPS) is 19.4. The van der Waals surface area contributed by atoms with Gasteiger partial charge in [0.25, 0.3) is 11.8 Å². The van der Waals surface area contributed by atoms with Crippen LogP contribution >= 0.6 is 0 Å². The van der Waals surface area contributed by atoms with Crippen LogP contribution in [0.4, 0.5) is 0 Å². The highest BCUT2D eigenvalue weighted by Gasteiger charge is 2.64. The molecule has 0 saturated heterocycles. The SMILES string of the molecule is CC1(C)C(CNC(=O)c2cnc(C(N)=O)cn2)C1(C)C. The Morgan fingerprint density at radius 2 is 1.65 bits per heavy atom. The van der Waals surface area contributed by atoms with Gasteiger partial charge in [0.2, 0.25) is 0 Å². The largest absolute Gasteiger partial charge is 0.364 e. The van der Waals surface area contributed by atoms with Crippen molar-refractivity contribution in [2.24, 2.45) is 22.5 Å². The van der Waals surface area contributed by atoms with Gasteiger partial charge in [0.05, 0.1) is 12.4 Å². The summed E-state index contributed by atoms with van der Waals surface area (Å²) in [7, 11) is 0. The Hall–Kier alpha value is -1.98. The molecule has 6 heteroatoms. The van der Waals surface area contributed by atoms with E-state index >= 15 is 0 Å². The van der Waals surface area contributed by atoms with Crippen molar-refractivity contribution in [1.29, 1.82) is 0 Å². The van der Waals surface area contributed by atoms with Gasteiger partial charge in [-0.05, 0) is 16.7 Å². The van der Waals surface area contributed by atoms with Crippen molar-refractivity contribution >= 4 is 11.8 Å². The lowest BCUT2D eigenvalue weighted by atomic mass is 10.0. The molecule has 1 aliphatic carbocycles. The third-order valence-electron chi connectivity index (χ3n) is 4.92. The number of amides is 2. The molecule has 2 amide bonds. The molecule has 1 aromatic rings. The van der Waals surface area contributed by atoms with Gasteiger partial charge in [-0.1, -0.05) is 27.7 Å². The van der Waals surface area contributed by atoms with Gasteiger partial charge in [0.15, 0.2) is 0 Å². The number of aromatic nitrogens is 2. The van der Waals surface area contributed by atoms with Gasteiger partial charge < -0.3 is 11.1 Å². The first-order valence-corrected chi connectivity index (χ1v) is 6.58. The lowest BCUT2D eigenvalue weighted by Crippen LogP contribution is -2.28. The minimum absolute atomic E-state index is 0.0472. The first kappa shape index (κ1) is 14.4. The molecule has 1 heterocycles. The van der Waals surface area contributed by atoms with Crippen molar-refractivity contribution in [3.05, 3.63) is 23.8 Å². The molecule has 0 unspecified atom stereocenters. The smallest absolute Gasteiger partial charge is 0.271 e. The Kier molecular flexibility index (Phi) is 3.28. The molecular formula is C14H20N4O2. The van der Waals surface area contributed by atoms with Crippen LogP contribution in [-0.2, 0) is 0 Å². The minimum atomic E-state index is -0.661. The predicted octanol–water partition coefficient (Wildman–Crippen LogP) is 0.987. The van der Waals surface area contributed by atoms with Crippen molar-refractivity contribution in [2.75, 3.05) is 6.54 Å². The minimum Gasteiger partial charge on any atom is -0.364 e. The highest BCUT2D eigenvalue weighted by Crippen LogP contribution is 2.67. The maximum absolute atomic E-state index is 12.0. The molecule has 0 radical (unpaired) electrons. The van der Waals surface area contributed by atoms with Crippen molar-refractivity contribution in [3.8, 4) is 0 Å². The van der Waals surface area contributed by atoms with Crippen LogP contribution in [-0.4, -0.2) is 28.3 Å². The molecule has 0 aliphatic heterocycles. The van der Waals surface area contributed by atoms with Crippen LogP contribution in [0.15, 0.2) is 12.4 Å². The van der Waals surface area contributed by atoms with Crippen LogP contribution < -0.4 is 11.1 Å². The average molecular weight is 276 g/mol. The summed E-state index contributed by atoms with van der Waals surface area (Å²) in [6.07, 6.45) is 2.47. The maximum atomic E-state index is 12.0. The van der Waals surface area contributed by atoms with Crippen LogP contribution in [0, 0.1) is 16.7 Å². The summed E-state index contributed by atoms with van der Waals surface area (Å²) in [6.45, 7) is 9.41. The molecule has 0 atom stereocenters. The summed E-state index contributed by atoms with van der Waals surface area (Å²) < 4.78 is 0. The van der Waals surface area contributed by atoms with Gasteiger partial charge in [0.1, 0.15) is 11.4 Å². The fraction of sp³-hybridized carbons (Fsp3) is 0.571. The van der Waals surface area contributed by atoms with E-state index in [1.54, 1.807) is 0 Å². The lowest BCUT2D eigenvalue weighted by Gasteiger charge is -2.05. The topological polar surface area (TPSA) is 98.0 Å². The van der Waals surface area contributed by atoms with Crippen LogP contribution in [0.5, 0.6) is 0 Å². The fourth-order valence-corrected chi connectivity index (χ4v) is 2.70. The van der Waals surface area contributed by atoms with E-state index in [1.807, 2.05) is 0 Å². The van der Waals surface area contributed by atoms with Gasteiger partial charge >= 0.3 is 0 Å². The van der Waals surface area contributed by atoms with Crippen LogP contribution in [0.25, 0.3) is 0 Å². The molecule has 1 fully saturated rings. The van der Waals surface area contributed by atoms with Crippen molar-refractivity contribution < 1.29 is 9.59 Å². The molecule has 0 bridgehead atoms. The van der Waals surface area contributed by atoms with Crippen LogP contribution in [0.2, 0.25) is 0 Å². The summed E-state index contributed by atoms with van der Waals surface area (Å²) in [5.41, 5.74) is 5.75. The lowest BCUT2D eigenvalue weighted by molar-refractivity contribution is 0.0940. The second-order valence-electron chi connectivity index (χ2n) is 6.36. The number of nitrogens with one attached hydrogen (secondary N) is 1. The molecule has 6 nitrogen and oxygen atoms in total. The zero-order valence-electron chi connectivity index (χ0n) is 12.2. The van der Waals surface area contributed by atoms with Crippen molar-refractivity contribution in [1.82, 2.24) is 15.3 Å². The van der Waals surface area contributed by atoms with E-state index in [-0.39, 0.29) is 28.1 Å². The Morgan fingerprint density at radius 1 is 1.15 bits per heavy atom. The van der Waals surface area contributed by atoms with Gasteiger partial charge in [-0.15, -0.1) is 0 Å². The second-order valence-corrected chi connectivity index (χ2v) is 6.36. The molecule has 2 rings (SSSR count). The highest BCUT2D eigenvalue weighted by molar-refractivity contribution is 5.93. The van der Waals surface area contributed by atoms with Gasteiger partial charge in [-0.2, -0.15) is 0 Å². The van der Waals surface area contributed by atoms with E-state index in [1.165, 1.54) is 12.4 Å². The van der Waals surface area contributed by atoms with Gasteiger partial charge in [-0.3, -0.25) is 9.59 Å². The van der Waals surface area contributed by atoms with Gasteiger partial charge in [-0.25, -0.2) is 9.97 Å². The van der Waals surface area contributed by atoms with E-state index in [2.05, 4.69) is 43.0 Å². The predicted molar refractivity (Wildman–Crippen MR) is 73.9 cm³/mol. The molecule has 0 spiro atoms. The summed E-state index contributed by atoms with van der Waals surface area (Å²) in [5, 5.41) is 2.86. The molecule has 108 valence electrons. The van der Waals surface area contributed by atoms with E-state index in [9.17, 15) is 9.59 Å². The third-order valence-corrected chi connectivity index (χ3v) is 4.92. The number of primary amides is 1. The Balaban J connectivity index is 1.95. The third kappa shape index (κ3) is 2.26. The number of hydrogen-bond acceptors (Lipinski definition) is 4. The molecular weight excluding hydrogens is 256 g/mol. The van der Waals surface area contributed by atoms with E-state index < -0.39 is 5.91 Å². The fourth-order valence-electron chi connectivity index (χ4n) is 2.70. The van der Waals surface area contributed by atoms with Crippen LogP contribution in [0.3, 0.4) is 0 Å². The Bertz CT molecular complexity index is 535. The van der Waals surface area contributed by atoms with Crippen molar-refractivity contribution in [2.45, 2.75) is 27.7 Å². The number of nitrogens with two attached hydrogens (primary N) is 1. The molecule has 20 heavy (non-hydrogen) atoms. The first-order valence-electron chi connectivity index (χ1n) is 6.58.